The predicted molar refractivity (Wildman–Crippen MR) is 56.0 cm³/mol. The van der Waals surface area contributed by atoms with Gasteiger partial charge in [0, 0.05) is 11.1 Å². The van der Waals surface area contributed by atoms with Crippen molar-refractivity contribution in [2.45, 2.75) is 25.3 Å². The van der Waals surface area contributed by atoms with Crippen LogP contribution in [0.15, 0.2) is 24.3 Å². The molecule has 1 aromatic rings. The van der Waals surface area contributed by atoms with E-state index in [2.05, 4.69) is 17.4 Å². The Labute approximate surface area is 84.1 Å². The van der Waals surface area contributed by atoms with E-state index in [9.17, 15) is 0 Å². The average Bonchev–Trinajstić information content (AvgIpc) is 2.20. The summed E-state index contributed by atoms with van der Waals surface area (Å²) < 4.78 is 0. The first-order chi connectivity index (χ1) is 6.38. The first kappa shape index (κ1) is 9.04. The van der Waals surface area contributed by atoms with Crippen molar-refractivity contribution in [1.29, 1.82) is 0 Å². The Morgan fingerprint density at radius 2 is 2.08 bits per heavy atom. The summed E-state index contributed by atoms with van der Waals surface area (Å²) >= 11 is 6.12. The van der Waals surface area contributed by atoms with Gasteiger partial charge in [-0.3, -0.25) is 0 Å². The Morgan fingerprint density at radius 3 is 2.77 bits per heavy atom. The smallest absolute Gasteiger partial charge is 0.0453 e. The molecule has 1 saturated heterocycles. The van der Waals surface area contributed by atoms with Gasteiger partial charge in [-0.1, -0.05) is 36.2 Å². The lowest BCUT2D eigenvalue weighted by Gasteiger charge is -2.24. The van der Waals surface area contributed by atoms with Gasteiger partial charge in [-0.05, 0) is 31.0 Å². The second-order valence-electron chi connectivity index (χ2n) is 3.52. The molecule has 1 aliphatic heterocycles. The quantitative estimate of drug-likeness (QED) is 0.726. The van der Waals surface area contributed by atoms with Crippen molar-refractivity contribution < 1.29 is 0 Å². The Kier molecular flexibility index (Phi) is 2.87. The summed E-state index contributed by atoms with van der Waals surface area (Å²) in [5, 5.41) is 4.38. The molecule has 13 heavy (non-hydrogen) atoms. The van der Waals surface area contributed by atoms with Crippen molar-refractivity contribution in [3.63, 3.8) is 0 Å². The summed E-state index contributed by atoms with van der Waals surface area (Å²) in [6.45, 7) is 1.12. The molecule has 0 bridgehead atoms. The number of hydrogen-bond acceptors (Lipinski definition) is 1. The predicted octanol–water partition coefficient (Wildman–Crippen LogP) is 3.15. The molecule has 1 nitrogen and oxygen atoms in total. The van der Waals surface area contributed by atoms with Crippen LogP contribution in [0.25, 0.3) is 0 Å². The number of benzene rings is 1. The van der Waals surface area contributed by atoms with Crippen molar-refractivity contribution in [3.05, 3.63) is 34.9 Å². The van der Waals surface area contributed by atoms with Crippen molar-refractivity contribution in [2.24, 2.45) is 0 Å². The zero-order valence-electron chi connectivity index (χ0n) is 7.59. The average molecular weight is 196 g/mol. The largest absolute Gasteiger partial charge is 0.310 e. The molecule has 0 aliphatic carbocycles. The first-order valence-corrected chi connectivity index (χ1v) is 5.23. The van der Waals surface area contributed by atoms with Crippen LogP contribution in [0.4, 0.5) is 0 Å². The van der Waals surface area contributed by atoms with E-state index in [4.69, 9.17) is 11.6 Å². The van der Waals surface area contributed by atoms with Gasteiger partial charge in [0.05, 0.1) is 0 Å². The minimum absolute atomic E-state index is 0.474. The summed E-state index contributed by atoms with van der Waals surface area (Å²) in [4.78, 5) is 0. The highest BCUT2D eigenvalue weighted by Crippen LogP contribution is 2.28. The molecule has 70 valence electrons. The molecule has 0 spiro atoms. The summed E-state index contributed by atoms with van der Waals surface area (Å²) in [5.74, 6) is 0. The van der Waals surface area contributed by atoms with Crippen LogP contribution in [-0.4, -0.2) is 6.54 Å². The number of rotatable bonds is 1. The number of hydrogen-bond donors (Lipinski definition) is 1. The third-order valence-electron chi connectivity index (χ3n) is 2.59. The second-order valence-corrected chi connectivity index (χ2v) is 3.93. The number of halogens is 1. The van der Waals surface area contributed by atoms with Crippen LogP contribution in [0.2, 0.25) is 5.02 Å². The Balaban J connectivity index is 2.18. The van der Waals surface area contributed by atoms with Gasteiger partial charge in [0.2, 0.25) is 0 Å². The maximum Gasteiger partial charge on any atom is 0.0453 e. The van der Waals surface area contributed by atoms with Crippen LogP contribution in [0.1, 0.15) is 30.9 Å². The third kappa shape index (κ3) is 2.04. The van der Waals surface area contributed by atoms with Crippen molar-refractivity contribution in [2.75, 3.05) is 6.54 Å². The topological polar surface area (TPSA) is 12.0 Å². The van der Waals surface area contributed by atoms with Gasteiger partial charge in [-0.2, -0.15) is 0 Å². The second kappa shape index (κ2) is 4.12. The summed E-state index contributed by atoms with van der Waals surface area (Å²) in [6, 6.07) is 8.59. The van der Waals surface area contributed by atoms with Crippen molar-refractivity contribution in [3.8, 4) is 0 Å². The highest BCUT2D eigenvalue weighted by molar-refractivity contribution is 6.31. The fourth-order valence-electron chi connectivity index (χ4n) is 1.87. The van der Waals surface area contributed by atoms with Gasteiger partial charge < -0.3 is 5.32 Å². The molecular weight excluding hydrogens is 182 g/mol. The summed E-state index contributed by atoms with van der Waals surface area (Å²) in [6.07, 6.45) is 3.81. The highest BCUT2D eigenvalue weighted by Gasteiger charge is 2.16. The van der Waals surface area contributed by atoms with Gasteiger partial charge in [-0.15, -0.1) is 0 Å². The van der Waals surface area contributed by atoms with Crippen molar-refractivity contribution in [1.82, 2.24) is 5.32 Å². The molecular formula is C11H14ClN. The van der Waals surface area contributed by atoms with E-state index >= 15 is 0 Å². The molecule has 0 radical (unpaired) electrons. The van der Waals surface area contributed by atoms with E-state index in [1.807, 2.05) is 12.1 Å². The zero-order valence-corrected chi connectivity index (χ0v) is 8.35. The lowest BCUT2D eigenvalue weighted by molar-refractivity contribution is 0.412. The van der Waals surface area contributed by atoms with Gasteiger partial charge in [0.15, 0.2) is 0 Å². The zero-order chi connectivity index (χ0) is 9.10. The van der Waals surface area contributed by atoms with Gasteiger partial charge in [0.1, 0.15) is 0 Å². The molecule has 1 aliphatic rings. The molecule has 1 aromatic carbocycles. The van der Waals surface area contributed by atoms with Crippen molar-refractivity contribution >= 4 is 11.6 Å². The van der Waals surface area contributed by atoms with Crippen LogP contribution in [0.5, 0.6) is 0 Å². The molecule has 0 aromatic heterocycles. The molecule has 1 heterocycles. The minimum Gasteiger partial charge on any atom is -0.310 e. The molecule has 0 saturated carbocycles. The summed E-state index contributed by atoms with van der Waals surface area (Å²) in [5.41, 5.74) is 1.25. The third-order valence-corrected chi connectivity index (χ3v) is 2.94. The first-order valence-electron chi connectivity index (χ1n) is 4.86. The van der Waals surface area contributed by atoms with Crippen LogP contribution >= 0.6 is 11.6 Å². The SMILES string of the molecule is Clc1ccccc1C1CCCCN1. The van der Waals surface area contributed by atoms with Gasteiger partial charge >= 0.3 is 0 Å². The lowest BCUT2D eigenvalue weighted by atomic mass is 9.98. The molecule has 1 unspecified atom stereocenters. The van der Waals surface area contributed by atoms with E-state index < -0.39 is 0 Å². The van der Waals surface area contributed by atoms with Crippen LogP contribution in [0.3, 0.4) is 0 Å². The molecule has 2 heteroatoms. The van der Waals surface area contributed by atoms with E-state index in [-0.39, 0.29) is 0 Å². The maximum atomic E-state index is 6.12. The molecule has 1 N–H and O–H groups in total. The Hall–Kier alpha value is -0.530. The fourth-order valence-corrected chi connectivity index (χ4v) is 2.14. The maximum absolute atomic E-state index is 6.12. The lowest BCUT2D eigenvalue weighted by Crippen LogP contribution is -2.26. The van der Waals surface area contributed by atoms with Crippen LogP contribution < -0.4 is 5.32 Å². The highest BCUT2D eigenvalue weighted by atomic mass is 35.5. The van der Waals surface area contributed by atoms with E-state index in [0.29, 0.717) is 6.04 Å². The van der Waals surface area contributed by atoms with Gasteiger partial charge in [-0.25, -0.2) is 0 Å². The van der Waals surface area contributed by atoms with E-state index in [1.54, 1.807) is 0 Å². The summed E-state index contributed by atoms with van der Waals surface area (Å²) in [7, 11) is 0. The Morgan fingerprint density at radius 1 is 1.23 bits per heavy atom. The monoisotopic (exact) mass is 195 g/mol. The molecule has 2 rings (SSSR count). The van der Waals surface area contributed by atoms with E-state index in [0.717, 1.165) is 11.6 Å². The molecule has 1 fully saturated rings. The minimum atomic E-state index is 0.474. The van der Waals surface area contributed by atoms with Crippen LogP contribution in [-0.2, 0) is 0 Å². The number of piperidine rings is 1. The Bertz CT molecular complexity index is 279. The standard InChI is InChI=1S/C11H14ClN/c12-10-6-2-1-5-9(10)11-7-3-4-8-13-11/h1-2,5-6,11,13H,3-4,7-8H2. The molecule has 1 atom stereocenters. The van der Waals surface area contributed by atoms with Gasteiger partial charge in [0.25, 0.3) is 0 Å². The number of nitrogens with one attached hydrogen (secondary N) is 1. The molecule has 0 amide bonds. The van der Waals surface area contributed by atoms with E-state index in [1.165, 1.54) is 24.8 Å². The fraction of sp³-hybridized carbons (Fsp3) is 0.455. The van der Waals surface area contributed by atoms with Crippen LogP contribution in [0, 0.1) is 0 Å². The normalized spacial score (nSPS) is 23.0.